The number of nitrogens with one attached hydrogen (secondary N) is 1. The van der Waals surface area contributed by atoms with E-state index < -0.39 is 0 Å². The Kier molecular flexibility index (Phi) is 5.70. The molecule has 0 aliphatic carbocycles. The standard InChI is InChI=1S/C10H17BrN2S/c1-12-6-3-7-13(2)8-9-4-5-10(11)14-9/h4-5,12H,3,6-8H2,1-2H3. The summed E-state index contributed by atoms with van der Waals surface area (Å²) >= 11 is 5.29. The molecular weight excluding hydrogens is 260 g/mol. The van der Waals surface area contributed by atoms with Crippen molar-refractivity contribution in [2.24, 2.45) is 0 Å². The molecule has 2 nitrogen and oxygen atoms in total. The smallest absolute Gasteiger partial charge is 0.0701 e. The molecule has 1 aromatic heterocycles. The molecule has 0 saturated heterocycles. The summed E-state index contributed by atoms with van der Waals surface area (Å²) in [6, 6.07) is 4.30. The lowest BCUT2D eigenvalue weighted by atomic mass is 10.3. The number of thiophene rings is 1. The first-order valence-corrected chi connectivity index (χ1v) is 6.40. The topological polar surface area (TPSA) is 15.3 Å². The summed E-state index contributed by atoms with van der Waals surface area (Å²) in [5.41, 5.74) is 0. The van der Waals surface area contributed by atoms with Gasteiger partial charge in [0, 0.05) is 11.4 Å². The zero-order valence-electron chi connectivity index (χ0n) is 8.72. The molecule has 0 unspecified atom stereocenters. The minimum Gasteiger partial charge on any atom is -0.320 e. The van der Waals surface area contributed by atoms with Crippen LogP contribution in [0.15, 0.2) is 15.9 Å². The summed E-state index contributed by atoms with van der Waals surface area (Å²) in [6.45, 7) is 3.30. The van der Waals surface area contributed by atoms with Crippen molar-refractivity contribution in [3.8, 4) is 0 Å². The van der Waals surface area contributed by atoms with Crippen LogP contribution < -0.4 is 5.32 Å². The lowest BCUT2D eigenvalue weighted by molar-refractivity contribution is 0.324. The van der Waals surface area contributed by atoms with E-state index >= 15 is 0 Å². The average Bonchev–Trinajstić information content (AvgIpc) is 2.52. The molecule has 0 atom stereocenters. The second-order valence-corrected chi connectivity index (χ2v) is 5.95. The highest BCUT2D eigenvalue weighted by atomic mass is 79.9. The normalized spacial score (nSPS) is 11.1. The first kappa shape index (κ1) is 12.2. The van der Waals surface area contributed by atoms with E-state index in [1.165, 1.54) is 15.1 Å². The molecule has 1 N–H and O–H groups in total. The molecule has 1 heterocycles. The third kappa shape index (κ3) is 4.55. The van der Waals surface area contributed by atoms with E-state index in [1.807, 2.05) is 18.4 Å². The molecule has 80 valence electrons. The molecule has 0 aliphatic heterocycles. The molecule has 0 bridgehead atoms. The SMILES string of the molecule is CNCCCN(C)Cc1ccc(Br)s1. The van der Waals surface area contributed by atoms with Gasteiger partial charge in [-0.05, 0) is 61.7 Å². The second-order valence-electron chi connectivity index (χ2n) is 3.40. The van der Waals surface area contributed by atoms with Gasteiger partial charge in [0.1, 0.15) is 0 Å². The molecule has 1 aromatic rings. The molecule has 1 rings (SSSR count). The van der Waals surface area contributed by atoms with Crippen molar-refractivity contribution < 1.29 is 0 Å². The molecule has 0 aliphatic rings. The van der Waals surface area contributed by atoms with E-state index in [1.54, 1.807) is 0 Å². The van der Waals surface area contributed by atoms with Crippen molar-refractivity contribution in [3.63, 3.8) is 0 Å². The van der Waals surface area contributed by atoms with Crippen LogP contribution in [0, 0.1) is 0 Å². The molecule has 4 heteroatoms. The van der Waals surface area contributed by atoms with E-state index in [4.69, 9.17) is 0 Å². The molecule has 0 radical (unpaired) electrons. The van der Waals surface area contributed by atoms with Gasteiger partial charge in [-0.1, -0.05) is 0 Å². The summed E-state index contributed by atoms with van der Waals surface area (Å²) in [5, 5.41) is 3.16. The molecule has 0 saturated carbocycles. The number of halogens is 1. The zero-order chi connectivity index (χ0) is 10.4. The third-order valence-electron chi connectivity index (χ3n) is 2.02. The van der Waals surface area contributed by atoms with Gasteiger partial charge >= 0.3 is 0 Å². The molecule has 0 spiro atoms. The quantitative estimate of drug-likeness (QED) is 0.804. The Morgan fingerprint density at radius 3 is 2.86 bits per heavy atom. The summed E-state index contributed by atoms with van der Waals surface area (Å²) in [6.07, 6.45) is 1.21. The van der Waals surface area contributed by atoms with Crippen LogP contribution >= 0.6 is 27.3 Å². The molecular formula is C10H17BrN2S. The van der Waals surface area contributed by atoms with Crippen molar-refractivity contribution in [2.75, 3.05) is 27.2 Å². The Morgan fingerprint density at radius 2 is 2.29 bits per heavy atom. The van der Waals surface area contributed by atoms with Crippen LogP contribution in [0.5, 0.6) is 0 Å². The fourth-order valence-electron chi connectivity index (χ4n) is 1.31. The predicted octanol–water partition coefficient (Wildman–Crippen LogP) is 2.55. The number of rotatable bonds is 6. The minimum atomic E-state index is 1.06. The summed E-state index contributed by atoms with van der Waals surface area (Å²) in [5.74, 6) is 0. The highest BCUT2D eigenvalue weighted by Crippen LogP contribution is 2.22. The van der Waals surface area contributed by atoms with Gasteiger partial charge in [-0.15, -0.1) is 11.3 Å². The minimum absolute atomic E-state index is 1.06. The Bertz CT molecular complexity index is 262. The van der Waals surface area contributed by atoms with Crippen LogP contribution in [-0.2, 0) is 6.54 Å². The first-order chi connectivity index (χ1) is 6.72. The van der Waals surface area contributed by atoms with Gasteiger partial charge in [-0.25, -0.2) is 0 Å². The van der Waals surface area contributed by atoms with Crippen molar-refractivity contribution >= 4 is 27.3 Å². The lowest BCUT2D eigenvalue weighted by Gasteiger charge is -2.14. The van der Waals surface area contributed by atoms with Gasteiger partial charge < -0.3 is 10.2 Å². The van der Waals surface area contributed by atoms with Crippen LogP contribution in [0.3, 0.4) is 0 Å². The fraction of sp³-hybridized carbons (Fsp3) is 0.600. The van der Waals surface area contributed by atoms with Crippen molar-refractivity contribution in [1.82, 2.24) is 10.2 Å². The van der Waals surface area contributed by atoms with Crippen molar-refractivity contribution in [2.45, 2.75) is 13.0 Å². The van der Waals surface area contributed by atoms with Gasteiger partial charge in [0.15, 0.2) is 0 Å². The highest BCUT2D eigenvalue weighted by Gasteiger charge is 2.02. The van der Waals surface area contributed by atoms with E-state index in [2.05, 4.69) is 45.3 Å². The van der Waals surface area contributed by atoms with Crippen molar-refractivity contribution in [1.29, 1.82) is 0 Å². The number of nitrogens with zero attached hydrogens (tertiary/aromatic N) is 1. The summed E-state index contributed by atoms with van der Waals surface area (Å²) < 4.78 is 1.22. The van der Waals surface area contributed by atoms with Crippen LogP contribution in [0.25, 0.3) is 0 Å². The fourth-order valence-corrected chi connectivity index (χ4v) is 2.87. The Balaban J connectivity index is 2.23. The van der Waals surface area contributed by atoms with Gasteiger partial charge in [0.05, 0.1) is 3.79 Å². The third-order valence-corrected chi connectivity index (χ3v) is 3.63. The van der Waals surface area contributed by atoms with Crippen LogP contribution in [0.1, 0.15) is 11.3 Å². The second kappa shape index (κ2) is 6.56. The van der Waals surface area contributed by atoms with E-state index in [0.29, 0.717) is 0 Å². The van der Waals surface area contributed by atoms with E-state index in [0.717, 1.165) is 19.6 Å². The van der Waals surface area contributed by atoms with E-state index in [9.17, 15) is 0 Å². The first-order valence-electron chi connectivity index (χ1n) is 4.79. The van der Waals surface area contributed by atoms with Crippen molar-refractivity contribution in [3.05, 3.63) is 20.8 Å². The largest absolute Gasteiger partial charge is 0.320 e. The van der Waals surface area contributed by atoms with Gasteiger partial charge in [0.2, 0.25) is 0 Å². The van der Waals surface area contributed by atoms with Crippen LogP contribution in [-0.4, -0.2) is 32.1 Å². The van der Waals surface area contributed by atoms with E-state index in [-0.39, 0.29) is 0 Å². The van der Waals surface area contributed by atoms with Gasteiger partial charge in [-0.2, -0.15) is 0 Å². The molecule has 0 fully saturated rings. The molecule has 0 aromatic carbocycles. The average molecular weight is 277 g/mol. The molecule has 14 heavy (non-hydrogen) atoms. The molecule has 0 amide bonds. The van der Waals surface area contributed by atoms with Gasteiger partial charge in [-0.3, -0.25) is 0 Å². The summed E-state index contributed by atoms with van der Waals surface area (Å²) in [4.78, 5) is 3.78. The maximum atomic E-state index is 3.48. The Morgan fingerprint density at radius 1 is 1.50 bits per heavy atom. The number of hydrogen-bond acceptors (Lipinski definition) is 3. The van der Waals surface area contributed by atoms with Crippen LogP contribution in [0.2, 0.25) is 0 Å². The number of hydrogen-bond donors (Lipinski definition) is 1. The maximum absolute atomic E-state index is 3.48. The Hall–Kier alpha value is 0.1000. The summed E-state index contributed by atoms with van der Waals surface area (Å²) in [7, 11) is 4.17. The van der Waals surface area contributed by atoms with Gasteiger partial charge in [0.25, 0.3) is 0 Å². The zero-order valence-corrected chi connectivity index (χ0v) is 11.1. The maximum Gasteiger partial charge on any atom is 0.0701 e. The van der Waals surface area contributed by atoms with Crippen LogP contribution in [0.4, 0.5) is 0 Å². The Labute approximate surface area is 98.4 Å². The highest BCUT2D eigenvalue weighted by molar-refractivity contribution is 9.11. The monoisotopic (exact) mass is 276 g/mol. The predicted molar refractivity (Wildman–Crippen MR) is 66.9 cm³/mol. The lowest BCUT2D eigenvalue weighted by Crippen LogP contribution is -2.21.